The molecule has 0 aromatic heterocycles. The summed E-state index contributed by atoms with van der Waals surface area (Å²) in [6.07, 6.45) is 2.52. The molecule has 3 heteroatoms. The molecule has 17 heavy (non-hydrogen) atoms. The lowest BCUT2D eigenvalue weighted by Gasteiger charge is -2.30. The number of benzene rings is 1. The SMILES string of the molecule is Cc1ccc(Cl)cc1NC(C)C1CCNCC1. The second-order valence-electron chi connectivity index (χ2n) is 4.98. The summed E-state index contributed by atoms with van der Waals surface area (Å²) >= 11 is 6.04. The minimum atomic E-state index is 0.509. The van der Waals surface area contributed by atoms with Crippen molar-refractivity contribution in [3.8, 4) is 0 Å². The van der Waals surface area contributed by atoms with Crippen molar-refractivity contribution in [2.75, 3.05) is 18.4 Å². The average Bonchev–Trinajstić information content (AvgIpc) is 2.35. The van der Waals surface area contributed by atoms with Crippen LogP contribution in [0.1, 0.15) is 25.3 Å². The molecule has 2 N–H and O–H groups in total. The largest absolute Gasteiger partial charge is 0.382 e. The number of rotatable bonds is 3. The number of halogens is 1. The third kappa shape index (κ3) is 3.36. The first-order valence-electron chi connectivity index (χ1n) is 6.40. The van der Waals surface area contributed by atoms with Crippen molar-refractivity contribution in [2.45, 2.75) is 32.7 Å². The highest BCUT2D eigenvalue weighted by Crippen LogP contribution is 2.24. The fraction of sp³-hybridized carbons (Fsp3) is 0.571. The van der Waals surface area contributed by atoms with Gasteiger partial charge in [-0.2, -0.15) is 0 Å². The van der Waals surface area contributed by atoms with Crippen LogP contribution in [0.5, 0.6) is 0 Å². The topological polar surface area (TPSA) is 24.1 Å². The minimum Gasteiger partial charge on any atom is -0.382 e. The molecule has 1 aliphatic rings. The fourth-order valence-corrected chi connectivity index (χ4v) is 2.63. The Morgan fingerprint density at radius 2 is 2.06 bits per heavy atom. The fourth-order valence-electron chi connectivity index (χ4n) is 2.46. The Hall–Kier alpha value is -0.730. The molecular formula is C14H21ClN2. The number of aryl methyl sites for hydroxylation is 1. The standard InChI is InChI=1S/C14H21ClN2/c1-10-3-4-13(15)9-14(10)17-11(2)12-5-7-16-8-6-12/h3-4,9,11-12,16-17H,5-8H2,1-2H3. The Morgan fingerprint density at radius 1 is 1.35 bits per heavy atom. The van der Waals surface area contributed by atoms with Crippen molar-refractivity contribution < 1.29 is 0 Å². The minimum absolute atomic E-state index is 0.509. The van der Waals surface area contributed by atoms with E-state index in [4.69, 9.17) is 11.6 Å². The molecule has 94 valence electrons. The Labute approximate surface area is 109 Å². The molecular weight excluding hydrogens is 232 g/mol. The Morgan fingerprint density at radius 3 is 2.76 bits per heavy atom. The zero-order valence-corrected chi connectivity index (χ0v) is 11.3. The van der Waals surface area contributed by atoms with Crippen LogP contribution in [0.2, 0.25) is 5.02 Å². The molecule has 2 rings (SSSR count). The molecule has 1 fully saturated rings. The van der Waals surface area contributed by atoms with Crippen LogP contribution < -0.4 is 10.6 Å². The molecule has 1 aliphatic heterocycles. The molecule has 1 aromatic rings. The smallest absolute Gasteiger partial charge is 0.0426 e. The van der Waals surface area contributed by atoms with Gasteiger partial charge >= 0.3 is 0 Å². The highest BCUT2D eigenvalue weighted by molar-refractivity contribution is 6.30. The van der Waals surface area contributed by atoms with E-state index in [1.807, 2.05) is 12.1 Å². The van der Waals surface area contributed by atoms with Gasteiger partial charge in [0.15, 0.2) is 0 Å². The molecule has 2 nitrogen and oxygen atoms in total. The van der Waals surface area contributed by atoms with Gasteiger partial charge < -0.3 is 10.6 Å². The molecule has 0 spiro atoms. The first kappa shape index (κ1) is 12.7. The van der Waals surface area contributed by atoms with Crippen molar-refractivity contribution in [1.29, 1.82) is 0 Å². The first-order valence-corrected chi connectivity index (χ1v) is 6.78. The zero-order valence-electron chi connectivity index (χ0n) is 10.6. The predicted octanol–water partition coefficient (Wildman–Crippen LogP) is 3.45. The maximum Gasteiger partial charge on any atom is 0.0426 e. The molecule has 1 aromatic carbocycles. The Bertz CT molecular complexity index is 372. The normalized spacial score (nSPS) is 19.0. The highest BCUT2D eigenvalue weighted by atomic mass is 35.5. The van der Waals surface area contributed by atoms with Gasteiger partial charge in [-0.05, 0) is 63.4 Å². The summed E-state index contributed by atoms with van der Waals surface area (Å²) in [7, 11) is 0. The van der Waals surface area contributed by atoms with E-state index in [9.17, 15) is 0 Å². The molecule has 1 unspecified atom stereocenters. The Balaban J connectivity index is 2.01. The summed E-state index contributed by atoms with van der Waals surface area (Å²) in [6, 6.07) is 6.54. The highest BCUT2D eigenvalue weighted by Gasteiger charge is 2.19. The van der Waals surface area contributed by atoms with E-state index >= 15 is 0 Å². The number of anilines is 1. The van der Waals surface area contributed by atoms with Gasteiger partial charge in [0.25, 0.3) is 0 Å². The van der Waals surface area contributed by atoms with Crippen molar-refractivity contribution in [3.63, 3.8) is 0 Å². The monoisotopic (exact) mass is 252 g/mol. The van der Waals surface area contributed by atoms with Crippen molar-refractivity contribution in [1.82, 2.24) is 5.32 Å². The number of piperidine rings is 1. The molecule has 0 bridgehead atoms. The number of hydrogen-bond donors (Lipinski definition) is 2. The van der Waals surface area contributed by atoms with Crippen LogP contribution in [0.4, 0.5) is 5.69 Å². The van der Waals surface area contributed by atoms with Gasteiger partial charge in [0.05, 0.1) is 0 Å². The van der Waals surface area contributed by atoms with Crippen LogP contribution in [0.25, 0.3) is 0 Å². The lowest BCUT2D eigenvalue weighted by molar-refractivity contribution is 0.343. The molecule has 0 saturated carbocycles. The third-order valence-electron chi connectivity index (χ3n) is 3.67. The molecule has 1 atom stereocenters. The van der Waals surface area contributed by atoms with E-state index in [0.29, 0.717) is 6.04 Å². The van der Waals surface area contributed by atoms with E-state index < -0.39 is 0 Å². The van der Waals surface area contributed by atoms with Crippen molar-refractivity contribution in [3.05, 3.63) is 28.8 Å². The lowest BCUT2D eigenvalue weighted by atomic mass is 9.91. The van der Waals surface area contributed by atoms with Gasteiger partial charge in [-0.25, -0.2) is 0 Å². The van der Waals surface area contributed by atoms with Crippen LogP contribution >= 0.6 is 11.6 Å². The average molecular weight is 253 g/mol. The van der Waals surface area contributed by atoms with Gasteiger partial charge in [0, 0.05) is 16.8 Å². The molecule has 0 aliphatic carbocycles. The second-order valence-corrected chi connectivity index (χ2v) is 5.42. The first-order chi connectivity index (χ1) is 8.16. The van der Waals surface area contributed by atoms with Crippen LogP contribution in [-0.2, 0) is 0 Å². The molecule has 0 radical (unpaired) electrons. The quantitative estimate of drug-likeness (QED) is 0.861. The predicted molar refractivity (Wildman–Crippen MR) is 74.9 cm³/mol. The molecule has 1 saturated heterocycles. The molecule has 1 heterocycles. The van der Waals surface area contributed by atoms with Crippen LogP contribution in [0.15, 0.2) is 18.2 Å². The molecule has 0 amide bonds. The summed E-state index contributed by atoms with van der Waals surface area (Å²) in [5, 5.41) is 7.82. The summed E-state index contributed by atoms with van der Waals surface area (Å²) < 4.78 is 0. The lowest BCUT2D eigenvalue weighted by Crippen LogP contribution is -2.36. The van der Waals surface area contributed by atoms with Crippen LogP contribution in [0, 0.1) is 12.8 Å². The van der Waals surface area contributed by atoms with E-state index in [1.165, 1.54) is 24.1 Å². The zero-order chi connectivity index (χ0) is 12.3. The van der Waals surface area contributed by atoms with Gasteiger partial charge in [-0.15, -0.1) is 0 Å². The number of nitrogens with one attached hydrogen (secondary N) is 2. The van der Waals surface area contributed by atoms with Crippen molar-refractivity contribution in [2.24, 2.45) is 5.92 Å². The summed E-state index contributed by atoms with van der Waals surface area (Å²) in [6.45, 7) is 6.68. The van der Waals surface area contributed by atoms with Crippen molar-refractivity contribution >= 4 is 17.3 Å². The summed E-state index contributed by atoms with van der Waals surface area (Å²) in [5.74, 6) is 0.759. The Kier molecular flexibility index (Phi) is 4.30. The van der Waals surface area contributed by atoms with Crippen LogP contribution in [0.3, 0.4) is 0 Å². The summed E-state index contributed by atoms with van der Waals surface area (Å²) in [4.78, 5) is 0. The van der Waals surface area contributed by atoms with E-state index in [1.54, 1.807) is 0 Å². The van der Waals surface area contributed by atoms with Gasteiger partial charge in [0.1, 0.15) is 0 Å². The van der Waals surface area contributed by atoms with E-state index in [0.717, 1.165) is 24.0 Å². The van der Waals surface area contributed by atoms with E-state index in [-0.39, 0.29) is 0 Å². The van der Waals surface area contributed by atoms with Crippen LogP contribution in [-0.4, -0.2) is 19.1 Å². The third-order valence-corrected chi connectivity index (χ3v) is 3.91. The second kappa shape index (κ2) is 5.74. The summed E-state index contributed by atoms with van der Waals surface area (Å²) in [5.41, 5.74) is 2.43. The maximum absolute atomic E-state index is 6.04. The van der Waals surface area contributed by atoms with Gasteiger partial charge in [-0.1, -0.05) is 17.7 Å². The number of hydrogen-bond acceptors (Lipinski definition) is 2. The maximum atomic E-state index is 6.04. The van der Waals surface area contributed by atoms with Gasteiger partial charge in [0.2, 0.25) is 0 Å². The van der Waals surface area contributed by atoms with E-state index in [2.05, 4.69) is 30.5 Å². The van der Waals surface area contributed by atoms with Gasteiger partial charge in [-0.3, -0.25) is 0 Å².